The minimum absolute atomic E-state index is 0.0987. The van der Waals surface area contributed by atoms with E-state index < -0.39 is 30.4 Å². The van der Waals surface area contributed by atoms with Crippen molar-refractivity contribution < 1.29 is 24.2 Å². The van der Waals surface area contributed by atoms with E-state index in [9.17, 15) is 19.5 Å². The normalized spacial score (nSPS) is 13.1. The van der Waals surface area contributed by atoms with Crippen molar-refractivity contribution in [3.63, 3.8) is 0 Å². The molecule has 3 rings (SSSR count). The molecule has 0 spiro atoms. The number of ether oxygens (including phenoxy) is 1. The number of fused-ring (bicyclic) bond motifs is 3. The molecule has 1 atom stereocenters. The zero-order valence-corrected chi connectivity index (χ0v) is 18.5. The molecule has 0 fully saturated rings. The monoisotopic (exact) mass is 438 g/mol. The zero-order valence-electron chi connectivity index (χ0n) is 18.5. The van der Waals surface area contributed by atoms with E-state index in [-0.39, 0.29) is 12.5 Å². The van der Waals surface area contributed by atoms with Crippen LogP contribution in [-0.2, 0) is 14.3 Å². The Morgan fingerprint density at radius 3 is 2.00 bits per heavy atom. The second-order valence-electron chi connectivity index (χ2n) is 7.95. The minimum Gasteiger partial charge on any atom is -0.481 e. The lowest BCUT2D eigenvalue weighted by atomic mass is 9.98. The van der Waals surface area contributed by atoms with Gasteiger partial charge in [0.15, 0.2) is 0 Å². The van der Waals surface area contributed by atoms with Gasteiger partial charge in [-0.15, -0.1) is 0 Å². The van der Waals surface area contributed by atoms with Crippen molar-refractivity contribution in [2.45, 2.75) is 45.1 Å². The molecule has 1 aliphatic carbocycles. The Balaban J connectivity index is 1.69. The van der Waals surface area contributed by atoms with Gasteiger partial charge in [-0.2, -0.15) is 0 Å². The molecule has 2 N–H and O–H groups in total. The second-order valence-corrected chi connectivity index (χ2v) is 7.95. The Kier molecular flexibility index (Phi) is 7.87. The van der Waals surface area contributed by atoms with Gasteiger partial charge in [0, 0.05) is 19.0 Å². The molecule has 170 valence electrons. The Morgan fingerprint density at radius 2 is 1.50 bits per heavy atom. The van der Waals surface area contributed by atoms with Gasteiger partial charge < -0.3 is 20.1 Å². The summed E-state index contributed by atoms with van der Waals surface area (Å²) in [6.45, 7) is 5.01. The first-order chi connectivity index (χ1) is 15.5. The molecule has 0 bridgehead atoms. The molecule has 2 aromatic carbocycles. The number of nitrogens with one attached hydrogen (secondary N) is 1. The third-order valence-electron chi connectivity index (χ3n) is 5.61. The number of hydrogen-bond acceptors (Lipinski definition) is 4. The van der Waals surface area contributed by atoms with E-state index in [2.05, 4.69) is 5.32 Å². The smallest absolute Gasteiger partial charge is 0.407 e. The summed E-state index contributed by atoms with van der Waals surface area (Å²) in [6.07, 6.45) is 0.208. The van der Waals surface area contributed by atoms with Crippen molar-refractivity contribution in [2.75, 3.05) is 19.7 Å². The molecule has 32 heavy (non-hydrogen) atoms. The van der Waals surface area contributed by atoms with Gasteiger partial charge in [0.05, 0.1) is 6.42 Å². The summed E-state index contributed by atoms with van der Waals surface area (Å²) in [6, 6.07) is 14.8. The number of carboxylic acid groups (broad SMARTS) is 1. The number of carbonyl (C=O) groups is 3. The van der Waals surface area contributed by atoms with Gasteiger partial charge in [-0.1, -0.05) is 62.4 Å². The Bertz CT molecular complexity index is 923. The van der Waals surface area contributed by atoms with Crippen LogP contribution in [0.3, 0.4) is 0 Å². The van der Waals surface area contributed by atoms with Crippen LogP contribution in [0.4, 0.5) is 4.79 Å². The SMILES string of the molecule is CCCN(CCC)C(=O)C(CC(=O)O)NC(=O)OCC1c2ccccc2-c2ccccc21. The molecular formula is C25H30N2O5. The average Bonchev–Trinajstić information content (AvgIpc) is 3.10. The number of amides is 2. The third kappa shape index (κ3) is 5.28. The van der Waals surface area contributed by atoms with Crippen molar-refractivity contribution in [2.24, 2.45) is 0 Å². The predicted octanol–water partition coefficient (Wildman–Crippen LogP) is 4.02. The highest BCUT2D eigenvalue weighted by Crippen LogP contribution is 2.44. The van der Waals surface area contributed by atoms with E-state index in [0.717, 1.165) is 35.1 Å². The Labute approximate surface area is 188 Å². The fourth-order valence-corrected chi connectivity index (χ4v) is 4.25. The molecule has 0 aliphatic heterocycles. The van der Waals surface area contributed by atoms with E-state index in [0.29, 0.717) is 13.1 Å². The van der Waals surface area contributed by atoms with Gasteiger partial charge in [-0.25, -0.2) is 4.79 Å². The van der Waals surface area contributed by atoms with Crippen molar-refractivity contribution >= 4 is 18.0 Å². The number of rotatable bonds is 10. The molecule has 2 aromatic rings. The maximum Gasteiger partial charge on any atom is 0.407 e. The molecule has 0 saturated heterocycles. The lowest BCUT2D eigenvalue weighted by Crippen LogP contribution is -2.50. The van der Waals surface area contributed by atoms with Gasteiger partial charge in [0.25, 0.3) is 0 Å². The average molecular weight is 439 g/mol. The third-order valence-corrected chi connectivity index (χ3v) is 5.61. The molecule has 7 heteroatoms. The minimum atomic E-state index is -1.17. The highest BCUT2D eigenvalue weighted by Gasteiger charge is 2.31. The van der Waals surface area contributed by atoms with Crippen LogP contribution < -0.4 is 5.32 Å². The topological polar surface area (TPSA) is 95.9 Å². The number of carboxylic acids is 1. The Morgan fingerprint density at radius 1 is 0.969 bits per heavy atom. The second kappa shape index (κ2) is 10.8. The molecule has 2 amide bonds. The van der Waals surface area contributed by atoms with Crippen LogP contribution in [0.1, 0.15) is 50.2 Å². The molecule has 0 heterocycles. The molecular weight excluding hydrogens is 408 g/mol. The highest BCUT2D eigenvalue weighted by atomic mass is 16.5. The van der Waals surface area contributed by atoms with E-state index in [1.54, 1.807) is 4.90 Å². The highest BCUT2D eigenvalue weighted by molar-refractivity contribution is 5.89. The maximum atomic E-state index is 12.9. The van der Waals surface area contributed by atoms with Crippen LogP contribution in [0, 0.1) is 0 Å². The first kappa shape index (κ1) is 23.3. The molecule has 1 unspecified atom stereocenters. The van der Waals surface area contributed by atoms with E-state index in [4.69, 9.17) is 4.74 Å². The van der Waals surface area contributed by atoms with E-state index >= 15 is 0 Å². The summed E-state index contributed by atoms with van der Waals surface area (Å²) >= 11 is 0. The maximum absolute atomic E-state index is 12.9. The molecule has 1 aliphatic rings. The molecule has 0 radical (unpaired) electrons. The molecule has 7 nitrogen and oxygen atoms in total. The van der Waals surface area contributed by atoms with Crippen LogP contribution >= 0.6 is 0 Å². The van der Waals surface area contributed by atoms with Crippen LogP contribution in [0.15, 0.2) is 48.5 Å². The lowest BCUT2D eigenvalue weighted by Gasteiger charge is -2.26. The fraction of sp³-hybridized carbons (Fsp3) is 0.400. The molecule has 0 saturated carbocycles. The number of nitrogens with zero attached hydrogens (tertiary/aromatic N) is 1. The number of aliphatic carboxylic acids is 1. The quantitative estimate of drug-likeness (QED) is 0.584. The van der Waals surface area contributed by atoms with Crippen molar-refractivity contribution in [1.29, 1.82) is 0 Å². The Hall–Kier alpha value is -3.35. The summed E-state index contributed by atoms with van der Waals surface area (Å²) in [5.41, 5.74) is 4.39. The van der Waals surface area contributed by atoms with Crippen LogP contribution in [0.25, 0.3) is 11.1 Å². The summed E-state index contributed by atoms with van der Waals surface area (Å²) in [7, 11) is 0. The van der Waals surface area contributed by atoms with Crippen molar-refractivity contribution in [3.8, 4) is 11.1 Å². The van der Waals surface area contributed by atoms with Crippen molar-refractivity contribution in [3.05, 3.63) is 59.7 Å². The van der Waals surface area contributed by atoms with Gasteiger partial charge in [-0.3, -0.25) is 9.59 Å². The number of alkyl carbamates (subject to hydrolysis) is 1. The first-order valence-corrected chi connectivity index (χ1v) is 11.1. The fourth-order valence-electron chi connectivity index (χ4n) is 4.25. The first-order valence-electron chi connectivity index (χ1n) is 11.1. The number of carbonyl (C=O) groups excluding carboxylic acids is 2. The predicted molar refractivity (Wildman–Crippen MR) is 121 cm³/mol. The number of benzene rings is 2. The molecule has 0 aromatic heterocycles. The van der Waals surface area contributed by atoms with Gasteiger partial charge in [-0.05, 0) is 35.1 Å². The van der Waals surface area contributed by atoms with Crippen LogP contribution in [0.5, 0.6) is 0 Å². The van der Waals surface area contributed by atoms with Gasteiger partial charge in [0.2, 0.25) is 5.91 Å². The number of hydrogen-bond donors (Lipinski definition) is 2. The van der Waals surface area contributed by atoms with E-state index in [1.165, 1.54) is 0 Å². The van der Waals surface area contributed by atoms with Crippen LogP contribution in [0.2, 0.25) is 0 Å². The zero-order chi connectivity index (χ0) is 23.1. The summed E-state index contributed by atoms with van der Waals surface area (Å²) in [5, 5.41) is 11.7. The summed E-state index contributed by atoms with van der Waals surface area (Å²) < 4.78 is 5.49. The standard InChI is InChI=1S/C25H30N2O5/c1-3-13-27(14-4-2)24(30)22(15-23(28)29)26-25(31)32-16-21-19-11-7-5-9-17(19)18-10-6-8-12-20(18)21/h5-12,21-22H,3-4,13-16H2,1-2H3,(H,26,31)(H,28,29). The van der Waals surface area contributed by atoms with Gasteiger partial charge in [0.1, 0.15) is 12.6 Å². The lowest BCUT2D eigenvalue weighted by molar-refractivity contribution is -0.142. The van der Waals surface area contributed by atoms with Crippen LogP contribution in [-0.4, -0.2) is 53.7 Å². The van der Waals surface area contributed by atoms with E-state index in [1.807, 2.05) is 62.4 Å². The summed E-state index contributed by atoms with van der Waals surface area (Å²) in [5.74, 6) is -1.67. The van der Waals surface area contributed by atoms with Crippen molar-refractivity contribution in [1.82, 2.24) is 10.2 Å². The van der Waals surface area contributed by atoms with Gasteiger partial charge >= 0.3 is 12.1 Å². The largest absolute Gasteiger partial charge is 0.481 e. The summed E-state index contributed by atoms with van der Waals surface area (Å²) in [4.78, 5) is 38.3.